The van der Waals surface area contributed by atoms with Gasteiger partial charge in [-0.1, -0.05) is 25.4 Å². The number of rotatable bonds is 6. The zero-order valence-corrected chi connectivity index (χ0v) is 15.7. The standard InChI is InChI=1S/C10H14ClN2O2S2.C3H8N2O2/c1-6(2)3-8(12)10(14)13-17(15)9-4-7(11)5-16-9;4-2(1-6)3(5)7/h4-6,8H,3,12H2,1-2H3;2,6H,1,4H2,(H2,5,7)/q-1;/t8-;/m0./s1. The number of nitrogens with two attached hydrogens (primary N) is 3. The molecular formula is C13H22ClN4O4S2-. The molecular weight excluding hydrogens is 376 g/mol. The molecule has 1 aromatic heterocycles. The van der Waals surface area contributed by atoms with Gasteiger partial charge in [-0.15, -0.1) is 10.6 Å². The predicted octanol–water partition coefficient (Wildman–Crippen LogP) is 0.599. The molecule has 0 bridgehead atoms. The number of halogens is 1. The van der Waals surface area contributed by atoms with E-state index in [0.29, 0.717) is 21.6 Å². The molecule has 0 radical (unpaired) electrons. The molecule has 24 heavy (non-hydrogen) atoms. The van der Waals surface area contributed by atoms with Gasteiger partial charge in [0.05, 0.1) is 12.6 Å². The number of carbonyl (C=O) groups is 2. The predicted molar refractivity (Wildman–Crippen MR) is 94.8 cm³/mol. The molecule has 1 aromatic rings. The van der Waals surface area contributed by atoms with Gasteiger partial charge in [-0.2, -0.15) is 11.3 Å². The Labute approximate surface area is 151 Å². The van der Waals surface area contributed by atoms with E-state index in [9.17, 15) is 13.8 Å². The van der Waals surface area contributed by atoms with Crippen molar-refractivity contribution in [1.29, 1.82) is 0 Å². The summed E-state index contributed by atoms with van der Waals surface area (Å²) in [6, 6.07) is -0.0537. The van der Waals surface area contributed by atoms with Crippen molar-refractivity contribution < 1.29 is 18.9 Å². The second-order valence-corrected chi connectivity index (χ2v) is 7.92. The first-order valence-corrected chi connectivity index (χ1v) is 9.27. The van der Waals surface area contributed by atoms with Crippen LogP contribution in [0.1, 0.15) is 20.3 Å². The number of amides is 2. The molecule has 0 spiro atoms. The largest absolute Gasteiger partial charge is 0.439 e. The normalized spacial score (nSPS) is 14.6. The molecule has 0 aliphatic rings. The maximum atomic E-state index is 11.7. The molecule has 0 fully saturated rings. The first-order chi connectivity index (χ1) is 11.1. The Balaban J connectivity index is 0.000000640. The molecule has 0 saturated carbocycles. The third-order valence-corrected chi connectivity index (χ3v) is 5.09. The Morgan fingerprint density at radius 1 is 1.38 bits per heavy atom. The lowest BCUT2D eigenvalue weighted by Crippen LogP contribution is -2.39. The van der Waals surface area contributed by atoms with E-state index >= 15 is 0 Å². The number of hydrogen-bond donors (Lipinski definition) is 4. The summed E-state index contributed by atoms with van der Waals surface area (Å²) in [7, 11) is -1.70. The van der Waals surface area contributed by atoms with Crippen LogP contribution in [0, 0.1) is 5.92 Å². The number of aliphatic hydroxyl groups excluding tert-OH is 1. The Hall–Kier alpha value is -1.04. The van der Waals surface area contributed by atoms with Crippen LogP contribution in [0.2, 0.25) is 5.02 Å². The number of hydrogen-bond acceptors (Lipinski definition) is 8. The van der Waals surface area contributed by atoms with Gasteiger partial charge in [0.25, 0.3) is 0 Å². The fraction of sp³-hybridized carbons (Fsp3) is 0.538. The Morgan fingerprint density at radius 3 is 2.29 bits per heavy atom. The zero-order valence-electron chi connectivity index (χ0n) is 13.3. The van der Waals surface area contributed by atoms with Crippen molar-refractivity contribution in [2.75, 3.05) is 6.61 Å². The smallest absolute Gasteiger partial charge is 0.239 e. The second kappa shape index (κ2) is 11.5. The van der Waals surface area contributed by atoms with E-state index in [-0.39, 0.29) is 6.61 Å². The van der Waals surface area contributed by atoms with E-state index in [1.807, 2.05) is 13.8 Å². The fourth-order valence-corrected chi connectivity index (χ4v) is 3.35. The molecule has 0 saturated heterocycles. The van der Waals surface area contributed by atoms with E-state index in [2.05, 4.69) is 10.1 Å². The van der Waals surface area contributed by atoms with Crippen LogP contribution in [-0.4, -0.2) is 35.6 Å². The van der Waals surface area contributed by atoms with Crippen LogP contribution in [0.15, 0.2) is 20.0 Å². The van der Waals surface area contributed by atoms with Crippen molar-refractivity contribution in [3.05, 3.63) is 16.5 Å². The third kappa shape index (κ3) is 9.30. The van der Waals surface area contributed by atoms with Gasteiger partial charge in [0, 0.05) is 10.4 Å². The quantitative estimate of drug-likeness (QED) is 0.513. The highest BCUT2D eigenvalue weighted by Crippen LogP contribution is 2.21. The summed E-state index contributed by atoms with van der Waals surface area (Å²) in [5.41, 5.74) is 15.2. The molecule has 0 aliphatic carbocycles. The highest BCUT2D eigenvalue weighted by atomic mass is 35.5. The number of primary amides is 1. The van der Waals surface area contributed by atoms with Crippen LogP contribution >= 0.6 is 22.9 Å². The van der Waals surface area contributed by atoms with Gasteiger partial charge >= 0.3 is 0 Å². The van der Waals surface area contributed by atoms with E-state index < -0.39 is 34.5 Å². The van der Waals surface area contributed by atoms with Gasteiger partial charge in [0.15, 0.2) is 0 Å². The Morgan fingerprint density at radius 2 is 1.96 bits per heavy atom. The summed E-state index contributed by atoms with van der Waals surface area (Å²) in [5.74, 6) is -0.905. The molecule has 2 atom stereocenters. The molecule has 7 N–H and O–H groups in total. The highest BCUT2D eigenvalue weighted by Gasteiger charge is 2.12. The minimum Gasteiger partial charge on any atom is -0.439 e. The van der Waals surface area contributed by atoms with Crippen LogP contribution in [-0.2, 0) is 24.4 Å². The second-order valence-electron chi connectivity index (χ2n) is 5.19. The zero-order chi connectivity index (χ0) is 18.9. The van der Waals surface area contributed by atoms with Gasteiger partial charge in [-0.25, -0.2) is 0 Å². The van der Waals surface area contributed by atoms with Crippen LogP contribution in [0.4, 0.5) is 0 Å². The van der Waals surface area contributed by atoms with Gasteiger partial charge in [0.1, 0.15) is 6.04 Å². The molecule has 2 amide bonds. The Kier molecular flexibility index (Phi) is 11.0. The fourth-order valence-electron chi connectivity index (χ4n) is 1.28. The van der Waals surface area contributed by atoms with Crippen molar-refractivity contribution in [2.45, 2.75) is 36.6 Å². The van der Waals surface area contributed by atoms with Crippen LogP contribution in [0.3, 0.4) is 0 Å². The summed E-state index contributed by atoms with van der Waals surface area (Å²) >= 11 is 6.90. The minimum atomic E-state index is -1.70. The minimum absolute atomic E-state index is 0.300. The van der Waals surface area contributed by atoms with Crippen molar-refractivity contribution >= 4 is 45.3 Å². The Bertz CT molecular complexity index is 629. The topological polar surface area (TPSA) is 162 Å². The van der Waals surface area contributed by atoms with E-state index in [1.165, 1.54) is 17.4 Å². The van der Waals surface area contributed by atoms with Gasteiger partial charge < -0.3 is 30.9 Å². The maximum Gasteiger partial charge on any atom is 0.239 e. The third-order valence-electron chi connectivity index (χ3n) is 2.49. The lowest BCUT2D eigenvalue weighted by Gasteiger charge is -2.11. The molecule has 1 rings (SSSR count). The van der Waals surface area contributed by atoms with Crippen molar-refractivity contribution in [1.82, 2.24) is 0 Å². The van der Waals surface area contributed by atoms with Gasteiger partial charge in [-0.05, 0) is 22.6 Å². The summed E-state index contributed by atoms with van der Waals surface area (Å²) in [6.07, 6.45) is 0.532. The number of nitrogens with zero attached hydrogens (tertiary/aromatic N) is 1. The molecule has 1 unspecified atom stereocenters. The molecule has 0 aliphatic heterocycles. The van der Waals surface area contributed by atoms with E-state index in [1.54, 1.807) is 5.38 Å². The summed E-state index contributed by atoms with van der Waals surface area (Å²) in [5, 5.41) is 10.2. The summed E-state index contributed by atoms with van der Waals surface area (Å²) in [6.45, 7) is 3.54. The average molecular weight is 398 g/mol. The monoisotopic (exact) mass is 397 g/mol. The number of thiophene rings is 1. The van der Waals surface area contributed by atoms with Crippen molar-refractivity contribution in [3.63, 3.8) is 0 Å². The van der Waals surface area contributed by atoms with Gasteiger partial charge in [0.2, 0.25) is 11.8 Å². The SMILES string of the molecule is CC(C)C[C@H](N)C(=O)N=[S-](=O)c1cc(Cl)cs1.NC(=O)C(N)CO. The van der Waals surface area contributed by atoms with Gasteiger partial charge in [-0.3, -0.25) is 9.59 Å². The first kappa shape index (κ1) is 23.0. The van der Waals surface area contributed by atoms with Crippen molar-refractivity contribution in [2.24, 2.45) is 27.5 Å². The van der Waals surface area contributed by atoms with E-state index in [4.69, 9.17) is 28.2 Å². The lowest BCUT2D eigenvalue weighted by molar-refractivity contribution is -0.120. The van der Waals surface area contributed by atoms with Crippen LogP contribution < -0.4 is 17.2 Å². The van der Waals surface area contributed by atoms with Crippen molar-refractivity contribution in [3.8, 4) is 0 Å². The van der Waals surface area contributed by atoms with Crippen LogP contribution in [0.25, 0.3) is 0 Å². The molecule has 0 aromatic carbocycles. The lowest BCUT2D eigenvalue weighted by atomic mass is 10.0. The molecule has 11 heteroatoms. The molecule has 1 heterocycles. The highest BCUT2D eigenvalue weighted by molar-refractivity contribution is 7.78. The number of aliphatic hydroxyl groups is 1. The summed E-state index contributed by atoms with van der Waals surface area (Å²) in [4.78, 5) is 21.4. The molecule has 138 valence electrons. The molecule has 8 nitrogen and oxygen atoms in total. The average Bonchev–Trinajstić information content (AvgIpc) is 2.92. The van der Waals surface area contributed by atoms with E-state index in [0.717, 1.165) is 0 Å². The first-order valence-electron chi connectivity index (χ1n) is 6.91. The summed E-state index contributed by atoms with van der Waals surface area (Å²) < 4.78 is 15.7. The number of carbonyl (C=O) groups excluding carboxylic acids is 2. The maximum absolute atomic E-state index is 11.7. The van der Waals surface area contributed by atoms with Crippen LogP contribution in [0.5, 0.6) is 0 Å².